The zero-order valence-corrected chi connectivity index (χ0v) is 13.9. The molecule has 122 valence electrons. The van der Waals surface area contributed by atoms with Crippen LogP contribution in [0.3, 0.4) is 0 Å². The molecule has 0 aromatic carbocycles. The standard InChI is InChI=1S/C14H26N2O4S/c1-11(2)9-15(4-6-20-3)14(19)16-5-7-21-10-12(16)8-13(17)18/h11-12H,4-10H2,1-3H3,(H,17,18). The Morgan fingerprint density at radius 2 is 2.19 bits per heavy atom. The number of carbonyl (C=O) groups is 2. The van der Waals surface area contributed by atoms with Crippen LogP contribution >= 0.6 is 11.8 Å². The number of rotatable bonds is 7. The van der Waals surface area contributed by atoms with Crippen molar-refractivity contribution in [3.8, 4) is 0 Å². The molecule has 0 aromatic rings. The van der Waals surface area contributed by atoms with Crippen molar-refractivity contribution in [2.45, 2.75) is 26.3 Å². The largest absolute Gasteiger partial charge is 0.481 e. The maximum atomic E-state index is 12.7. The van der Waals surface area contributed by atoms with Crippen molar-refractivity contribution in [1.29, 1.82) is 0 Å². The normalized spacial score (nSPS) is 18.9. The van der Waals surface area contributed by atoms with Gasteiger partial charge >= 0.3 is 12.0 Å². The molecule has 1 N–H and O–H groups in total. The maximum absolute atomic E-state index is 12.7. The fourth-order valence-electron chi connectivity index (χ4n) is 2.37. The summed E-state index contributed by atoms with van der Waals surface area (Å²) in [4.78, 5) is 27.2. The summed E-state index contributed by atoms with van der Waals surface area (Å²) >= 11 is 1.71. The van der Waals surface area contributed by atoms with Crippen LogP contribution in [0.15, 0.2) is 0 Å². The second-order valence-electron chi connectivity index (χ2n) is 5.64. The summed E-state index contributed by atoms with van der Waals surface area (Å²) in [6, 6.07) is -0.279. The van der Waals surface area contributed by atoms with Crippen LogP contribution in [0.4, 0.5) is 4.79 Å². The van der Waals surface area contributed by atoms with E-state index in [1.807, 2.05) is 0 Å². The third-order valence-electron chi connectivity index (χ3n) is 3.30. The Balaban J connectivity index is 2.74. The molecule has 1 rings (SSSR count). The average Bonchev–Trinajstić information content (AvgIpc) is 2.42. The van der Waals surface area contributed by atoms with Gasteiger partial charge in [0, 0.05) is 38.2 Å². The van der Waals surface area contributed by atoms with Gasteiger partial charge in [-0.05, 0) is 5.92 Å². The zero-order chi connectivity index (χ0) is 15.8. The van der Waals surface area contributed by atoms with Gasteiger partial charge in [-0.25, -0.2) is 4.79 Å². The summed E-state index contributed by atoms with van der Waals surface area (Å²) in [5, 5.41) is 9.01. The van der Waals surface area contributed by atoms with Crippen LogP contribution in [-0.4, -0.2) is 77.8 Å². The molecule has 1 aliphatic rings. The van der Waals surface area contributed by atoms with E-state index >= 15 is 0 Å². The minimum Gasteiger partial charge on any atom is -0.481 e. The molecule has 1 aliphatic heterocycles. The highest BCUT2D eigenvalue weighted by Crippen LogP contribution is 2.21. The van der Waals surface area contributed by atoms with E-state index in [1.165, 1.54) is 0 Å². The van der Waals surface area contributed by atoms with E-state index in [0.29, 0.717) is 37.9 Å². The summed E-state index contributed by atoms with van der Waals surface area (Å²) in [6.07, 6.45) is 0.0124. The van der Waals surface area contributed by atoms with Crippen LogP contribution in [0.5, 0.6) is 0 Å². The van der Waals surface area contributed by atoms with Gasteiger partial charge in [0.05, 0.1) is 19.1 Å². The third kappa shape index (κ3) is 6.13. The van der Waals surface area contributed by atoms with Crippen LogP contribution in [0.2, 0.25) is 0 Å². The van der Waals surface area contributed by atoms with Gasteiger partial charge in [-0.1, -0.05) is 13.8 Å². The first-order chi connectivity index (χ1) is 9.95. The Morgan fingerprint density at radius 1 is 1.48 bits per heavy atom. The van der Waals surface area contributed by atoms with E-state index in [0.717, 1.165) is 5.75 Å². The summed E-state index contributed by atoms with van der Waals surface area (Å²) in [5.41, 5.74) is 0. The zero-order valence-electron chi connectivity index (χ0n) is 13.1. The first-order valence-electron chi connectivity index (χ1n) is 7.29. The Hall–Kier alpha value is -0.950. The monoisotopic (exact) mass is 318 g/mol. The molecule has 21 heavy (non-hydrogen) atoms. The molecule has 0 aromatic heterocycles. The lowest BCUT2D eigenvalue weighted by molar-refractivity contribution is -0.138. The molecule has 2 amide bonds. The number of aliphatic carboxylic acids is 1. The smallest absolute Gasteiger partial charge is 0.320 e. The van der Waals surface area contributed by atoms with Crippen LogP contribution < -0.4 is 0 Å². The van der Waals surface area contributed by atoms with Gasteiger partial charge < -0.3 is 19.6 Å². The molecule has 0 bridgehead atoms. The second-order valence-corrected chi connectivity index (χ2v) is 6.79. The van der Waals surface area contributed by atoms with Crippen LogP contribution in [0.25, 0.3) is 0 Å². The Bertz CT molecular complexity index is 352. The highest BCUT2D eigenvalue weighted by Gasteiger charge is 2.31. The molecule has 0 spiro atoms. The van der Waals surface area contributed by atoms with Gasteiger partial charge in [0.25, 0.3) is 0 Å². The topological polar surface area (TPSA) is 70.1 Å². The van der Waals surface area contributed by atoms with E-state index in [1.54, 1.807) is 28.7 Å². The molecule has 0 radical (unpaired) electrons. The van der Waals surface area contributed by atoms with Crippen molar-refractivity contribution >= 4 is 23.8 Å². The van der Waals surface area contributed by atoms with Crippen molar-refractivity contribution in [3.05, 3.63) is 0 Å². The Labute approximate surface area is 130 Å². The predicted octanol–water partition coefficient (Wildman–Crippen LogP) is 1.60. The molecule has 1 unspecified atom stereocenters. The first-order valence-corrected chi connectivity index (χ1v) is 8.45. The van der Waals surface area contributed by atoms with Gasteiger partial charge in [0.15, 0.2) is 0 Å². The molecule has 0 saturated carbocycles. The van der Waals surface area contributed by atoms with Gasteiger partial charge in [0.1, 0.15) is 0 Å². The van der Waals surface area contributed by atoms with E-state index in [9.17, 15) is 9.59 Å². The van der Waals surface area contributed by atoms with Gasteiger partial charge in [-0.15, -0.1) is 0 Å². The molecular formula is C14H26N2O4S. The molecule has 1 fully saturated rings. The maximum Gasteiger partial charge on any atom is 0.320 e. The van der Waals surface area contributed by atoms with Gasteiger partial charge in [-0.3, -0.25) is 4.79 Å². The third-order valence-corrected chi connectivity index (χ3v) is 4.40. The van der Waals surface area contributed by atoms with E-state index in [4.69, 9.17) is 9.84 Å². The molecule has 6 nitrogen and oxygen atoms in total. The number of nitrogens with zero attached hydrogens (tertiary/aromatic N) is 2. The number of hydrogen-bond acceptors (Lipinski definition) is 4. The number of carbonyl (C=O) groups excluding carboxylic acids is 1. The van der Waals surface area contributed by atoms with Gasteiger partial charge in [0.2, 0.25) is 0 Å². The van der Waals surface area contributed by atoms with E-state index in [2.05, 4.69) is 13.8 Å². The van der Waals surface area contributed by atoms with Crippen molar-refractivity contribution in [3.63, 3.8) is 0 Å². The highest BCUT2D eigenvalue weighted by molar-refractivity contribution is 7.99. The first kappa shape index (κ1) is 18.1. The summed E-state index contributed by atoms with van der Waals surface area (Å²) in [7, 11) is 1.61. The lowest BCUT2D eigenvalue weighted by Gasteiger charge is -2.38. The quantitative estimate of drug-likeness (QED) is 0.772. The number of carboxylic acid groups (broad SMARTS) is 1. The summed E-state index contributed by atoms with van der Waals surface area (Å²) < 4.78 is 5.07. The lowest BCUT2D eigenvalue weighted by Crippen LogP contribution is -2.53. The number of methoxy groups -OCH3 is 1. The highest BCUT2D eigenvalue weighted by atomic mass is 32.2. The molecule has 1 saturated heterocycles. The number of hydrogen-bond donors (Lipinski definition) is 1. The van der Waals surface area contributed by atoms with E-state index in [-0.39, 0.29) is 18.5 Å². The number of carboxylic acids is 1. The van der Waals surface area contributed by atoms with Gasteiger partial charge in [-0.2, -0.15) is 11.8 Å². The minimum atomic E-state index is -0.854. The van der Waals surface area contributed by atoms with Crippen molar-refractivity contribution in [2.75, 3.05) is 44.9 Å². The number of amides is 2. The number of ether oxygens (including phenoxy) is 1. The molecule has 0 aliphatic carbocycles. The fourth-order valence-corrected chi connectivity index (χ4v) is 3.43. The minimum absolute atomic E-state index is 0.0124. The SMILES string of the molecule is COCCN(CC(C)C)C(=O)N1CCSCC1CC(=O)O. The van der Waals surface area contributed by atoms with Crippen molar-refractivity contribution < 1.29 is 19.4 Å². The van der Waals surface area contributed by atoms with Crippen molar-refractivity contribution in [1.82, 2.24) is 9.80 Å². The Morgan fingerprint density at radius 3 is 2.76 bits per heavy atom. The fraction of sp³-hybridized carbons (Fsp3) is 0.857. The number of thioether (sulfide) groups is 1. The number of urea groups is 1. The van der Waals surface area contributed by atoms with Crippen LogP contribution in [0, 0.1) is 5.92 Å². The average molecular weight is 318 g/mol. The lowest BCUT2D eigenvalue weighted by atomic mass is 10.2. The summed E-state index contributed by atoms with van der Waals surface area (Å²) in [6.45, 7) is 6.43. The van der Waals surface area contributed by atoms with Crippen LogP contribution in [-0.2, 0) is 9.53 Å². The second kappa shape index (κ2) is 9.15. The molecule has 1 heterocycles. The predicted molar refractivity (Wildman–Crippen MR) is 83.8 cm³/mol. The van der Waals surface area contributed by atoms with E-state index < -0.39 is 5.97 Å². The molecular weight excluding hydrogens is 292 g/mol. The van der Waals surface area contributed by atoms with Crippen molar-refractivity contribution in [2.24, 2.45) is 5.92 Å². The van der Waals surface area contributed by atoms with Crippen LogP contribution in [0.1, 0.15) is 20.3 Å². The summed E-state index contributed by atoms with van der Waals surface area (Å²) in [5.74, 6) is 1.06. The Kier molecular flexibility index (Phi) is 7.88. The molecule has 1 atom stereocenters. The molecule has 7 heteroatoms.